The first-order valence-corrected chi connectivity index (χ1v) is 9.12. The van der Waals surface area contributed by atoms with E-state index in [9.17, 15) is 19.5 Å². The van der Waals surface area contributed by atoms with Crippen LogP contribution < -0.4 is 9.64 Å². The van der Waals surface area contributed by atoms with E-state index in [4.69, 9.17) is 14.5 Å². The van der Waals surface area contributed by atoms with Crippen LogP contribution in [0.4, 0.5) is 11.4 Å². The molecule has 0 fully saturated rings. The molecule has 1 aliphatic heterocycles. The van der Waals surface area contributed by atoms with E-state index in [1.54, 1.807) is 0 Å². The van der Waals surface area contributed by atoms with Gasteiger partial charge in [-0.25, -0.2) is 4.57 Å². The zero-order valence-electron chi connectivity index (χ0n) is 13.6. The Kier molecular flexibility index (Phi) is 6.12. The Hall–Kier alpha value is -2.00. The number of anilines is 1. The number of hydrogen-bond donors (Lipinski definition) is 2. The maximum atomic E-state index is 12.4. The Bertz CT molecular complexity index is 717. The van der Waals surface area contributed by atoms with Crippen LogP contribution in [0, 0.1) is 10.1 Å². The van der Waals surface area contributed by atoms with Gasteiger partial charge in [0.2, 0.25) is 5.91 Å². The highest BCUT2D eigenvalue weighted by atomic mass is 31.2. The highest BCUT2D eigenvalue weighted by Crippen LogP contribution is 2.42. The number of methoxy groups -OCH3 is 1. The van der Waals surface area contributed by atoms with E-state index in [1.165, 1.54) is 24.1 Å². The van der Waals surface area contributed by atoms with Gasteiger partial charge in [-0.05, 0) is 25.3 Å². The van der Waals surface area contributed by atoms with E-state index in [1.807, 2.05) is 0 Å². The van der Waals surface area contributed by atoms with Crippen LogP contribution >= 0.6 is 7.82 Å². The summed E-state index contributed by atoms with van der Waals surface area (Å²) in [6.45, 7) is 0.163. The molecule has 1 aromatic carbocycles. The number of nitro groups is 1. The van der Waals surface area contributed by atoms with Gasteiger partial charge in [-0.3, -0.25) is 19.4 Å². The summed E-state index contributed by atoms with van der Waals surface area (Å²) in [6.07, 6.45) is 1.20. The number of benzene rings is 1. The molecule has 0 aromatic heterocycles. The molecular weight excluding hydrogens is 355 g/mol. The zero-order valence-corrected chi connectivity index (χ0v) is 14.5. The van der Waals surface area contributed by atoms with Crippen LogP contribution in [0.5, 0.6) is 5.75 Å². The predicted octanol–water partition coefficient (Wildman–Crippen LogP) is 1.77. The van der Waals surface area contributed by atoms with E-state index in [-0.39, 0.29) is 36.7 Å². The quantitative estimate of drug-likeness (QED) is 0.304. The largest absolute Gasteiger partial charge is 0.496 e. The van der Waals surface area contributed by atoms with Crippen molar-refractivity contribution in [2.75, 3.05) is 25.2 Å². The van der Waals surface area contributed by atoms with Gasteiger partial charge in [0.05, 0.1) is 18.6 Å². The van der Waals surface area contributed by atoms with Gasteiger partial charge in [-0.1, -0.05) is 0 Å². The van der Waals surface area contributed by atoms with E-state index < -0.39 is 12.7 Å². The molecule has 0 spiro atoms. The van der Waals surface area contributed by atoms with Gasteiger partial charge in [0.1, 0.15) is 11.4 Å². The Morgan fingerprint density at radius 3 is 2.72 bits per heavy atom. The number of carbonyl (C=O) groups is 1. The first kappa shape index (κ1) is 19.3. The maximum absolute atomic E-state index is 12.4. The molecule has 0 unspecified atom stereocenters. The van der Waals surface area contributed by atoms with Crippen LogP contribution in [0.15, 0.2) is 12.1 Å². The molecule has 0 bridgehead atoms. The summed E-state index contributed by atoms with van der Waals surface area (Å²) < 4.78 is 20.1. The van der Waals surface area contributed by atoms with Crippen LogP contribution in [-0.4, -0.2) is 40.9 Å². The Morgan fingerprint density at radius 1 is 1.40 bits per heavy atom. The lowest BCUT2D eigenvalue weighted by atomic mass is 10.1. The second-order valence-corrected chi connectivity index (χ2v) is 6.69. The van der Waals surface area contributed by atoms with Crippen LogP contribution in [0.3, 0.4) is 0 Å². The molecule has 0 radical (unpaired) electrons. The van der Waals surface area contributed by atoms with E-state index in [0.29, 0.717) is 30.7 Å². The van der Waals surface area contributed by atoms with Crippen LogP contribution in [0.2, 0.25) is 0 Å². The average Bonchev–Trinajstić information content (AvgIpc) is 2.97. The van der Waals surface area contributed by atoms with Crippen molar-refractivity contribution in [3.05, 3.63) is 27.8 Å². The fourth-order valence-corrected chi connectivity index (χ4v) is 3.14. The molecule has 25 heavy (non-hydrogen) atoms. The lowest BCUT2D eigenvalue weighted by Crippen LogP contribution is -2.29. The second kappa shape index (κ2) is 7.92. The number of amides is 1. The smallest absolute Gasteiger partial charge is 0.469 e. The number of carbonyl (C=O) groups excluding carboxylic acids is 1. The molecule has 0 atom stereocenters. The summed E-state index contributed by atoms with van der Waals surface area (Å²) in [5, 5.41) is 11.3. The molecule has 1 heterocycles. The molecule has 10 nitrogen and oxygen atoms in total. The van der Waals surface area contributed by atoms with Gasteiger partial charge in [0, 0.05) is 24.6 Å². The number of nitro benzene ring substituents is 1. The van der Waals surface area contributed by atoms with Crippen molar-refractivity contribution in [2.45, 2.75) is 25.7 Å². The molecule has 0 saturated heterocycles. The topological polar surface area (TPSA) is 139 Å². The van der Waals surface area contributed by atoms with Crippen LogP contribution in [0.25, 0.3) is 0 Å². The average molecular weight is 374 g/mol. The van der Waals surface area contributed by atoms with Gasteiger partial charge in [0.25, 0.3) is 5.69 Å². The third-order valence-corrected chi connectivity index (χ3v) is 4.35. The Labute approximate surface area is 143 Å². The number of hydrogen-bond acceptors (Lipinski definition) is 6. The molecule has 2 rings (SSSR count). The van der Waals surface area contributed by atoms with Gasteiger partial charge < -0.3 is 19.4 Å². The highest BCUT2D eigenvalue weighted by molar-refractivity contribution is 7.46. The summed E-state index contributed by atoms with van der Waals surface area (Å²) in [6, 6.07) is 2.83. The molecular formula is C14H19N2O8P. The zero-order chi connectivity index (χ0) is 18.6. The molecule has 1 aromatic rings. The Balaban J connectivity index is 2.05. The summed E-state index contributed by atoms with van der Waals surface area (Å²) in [5.74, 6) is 0.220. The first-order valence-electron chi connectivity index (χ1n) is 7.59. The van der Waals surface area contributed by atoms with E-state index in [2.05, 4.69) is 4.52 Å². The molecule has 2 N–H and O–H groups in total. The first-order chi connectivity index (χ1) is 11.7. The monoisotopic (exact) mass is 374 g/mol. The number of nitrogens with zero attached hydrogens (tertiary/aromatic N) is 2. The van der Waals surface area contributed by atoms with Crippen LogP contribution in [-0.2, 0) is 20.3 Å². The van der Waals surface area contributed by atoms with E-state index in [0.717, 1.165) is 0 Å². The number of phosphoric ester groups is 1. The fourth-order valence-electron chi connectivity index (χ4n) is 2.77. The number of unbranched alkanes of at least 4 members (excludes halogenated alkanes) is 1. The third-order valence-electron chi connectivity index (χ3n) is 3.84. The minimum atomic E-state index is -4.50. The summed E-state index contributed by atoms with van der Waals surface area (Å²) in [4.78, 5) is 41.7. The highest BCUT2D eigenvalue weighted by Gasteiger charge is 2.34. The van der Waals surface area contributed by atoms with E-state index >= 15 is 0 Å². The third kappa shape index (κ3) is 4.76. The minimum Gasteiger partial charge on any atom is -0.496 e. The SMILES string of the molecule is COc1ccc([N+](=O)[O-])c2c1CCN2C(=O)CCCCOP(=O)(O)O. The van der Waals surface area contributed by atoms with Crippen molar-refractivity contribution in [3.8, 4) is 5.75 Å². The molecule has 11 heteroatoms. The maximum Gasteiger partial charge on any atom is 0.469 e. The Morgan fingerprint density at radius 2 is 2.12 bits per heavy atom. The summed E-state index contributed by atoms with van der Waals surface area (Å²) in [7, 11) is -3.04. The summed E-state index contributed by atoms with van der Waals surface area (Å²) in [5.41, 5.74) is 0.752. The van der Waals surface area contributed by atoms with Gasteiger partial charge in [0.15, 0.2) is 0 Å². The van der Waals surface area contributed by atoms with Crippen molar-refractivity contribution >= 4 is 25.1 Å². The molecule has 0 saturated carbocycles. The molecule has 0 aliphatic carbocycles. The second-order valence-electron chi connectivity index (χ2n) is 5.45. The van der Waals surface area contributed by atoms with Crippen molar-refractivity contribution in [1.29, 1.82) is 0 Å². The van der Waals surface area contributed by atoms with Crippen molar-refractivity contribution in [2.24, 2.45) is 0 Å². The van der Waals surface area contributed by atoms with Crippen molar-refractivity contribution in [3.63, 3.8) is 0 Å². The lowest BCUT2D eigenvalue weighted by Gasteiger charge is -2.17. The van der Waals surface area contributed by atoms with Gasteiger partial charge in [-0.2, -0.15) is 0 Å². The molecule has 138 valence electrons. The summed E-state index contributed by atoms with van der Waals surface area (Å²) >= 11 is 0. The number of phosphoric acid groups is 1. The van der Waals surface area contributed by atoms with Crippen LogP contribution in [0.1, 0.15) is 24.8 Å². The number of fused-ring (bicyclic) bond motifs is 1. The standard InChI is InChI=1S/C14H19N2O8P/c1-23-12-6-5-11(16(18)19)14-10(12)7-8-15(14)13(17)4-2-3-9-24-25(20,21)22/h5-6H,2-4,7-9H2,1H3,(H2,20,21,22). The number of ether oxygens (including phenoxy) is 1. The van der Waals surface area contributed by atoms with Crippen molar-refractivity contribution < 1.29 is 33.3 Å². The minimum absolute atomic E-state index is 0.0956. The lowest BCUT2D eigenvalue weighted by molar-refractivity contribution is -0.384. The normalized spacial score (nSPS) is 13.6. The fraction of sp³-hybridized carbons (Fsp3) is 0.500. The predicted molar refractivity (Wildman–Crippen MR) is 87.6 cm³/mol. The molecule has 1 aliphatic rings. The van der Waals surface area contributed by atoms with Gasteiger partial charge in [-0.15, -0.1) is 0 Å². The number of rotatable bonds is 8. The van der Waals surface area contributed by atoms with Crippen molar-refractivity contribution in [1.82, 2.24) is 0 Å². The van der Waals surface area contributed by atoms with Gasteiger partial charge >= 0.3 is 7.82 Å². The molecule has 1 amide bonds.